The predicted molar refractivity (Wildman–Crippen MR) is 105 cm³/mol. The van der Waals surface area contributed by atoms with Crippen LogP contribution in [0.5, 0.6) is 11.5 Å². The van der Waals surface area contributed by atoms with Crippen LogP contribution < -0.4 is 15.5 Å². The number of benzene rings is 2. The molecule has 2 aliphatic heterocycles. The first-order valence-corrected chi connectivity index (χ1v) is 9.22. The van der Waals surface area contributed by atoms with Crippen LogP contribution in [0.15, 0.2) is 42.6 Å². The molecule has 0 spiro atoms. The van der Waals surface area contributed by atoms with Crippen LogP contribution >= 0.6 is 0 Å². The molecule has 1 fully saturated rings. The predicted octanol–water partition coefficient (Wildman–Crippen LogP) is 2.10. The number of anilines is 1. The highest BCUT2D eigenvalue weighted by atomic mass is 16.3. The molecule has 0 aromatic heterocycles. The van der Waals surface area contributed by atoms with Gasteiger partial charge in [0.05, 0.1) is 5.57 Å². The fraction of sp³-hybridized carbons (Fsp3) is 0.238. The first-order chi connectivity index (χ1) is 13.5. The van der Waals surface area contributed by atoms with Crippen molar-refractivity contribution in [1.29, 1.82) is 0 Å². The summed E-state index contributed by atoms with van der Waals surface area (Å²) in [7, 11) is 0. The van der Waals surface area contributed by atoms with E-state index in [4.69, 9.17) is 0 Å². The molecule has 7 nitrogen and oxygen atoms in total. The molecule has 0 aliphatic carbocycles. The van der Waals surface area contributed by atoms with Gasteiger partial charge in [-0.05, 0) is 48.7 Å². The molecule has 28 heavy (non-hydrogen) atoms. The van der Waals surface area contributed by atoms with E-state index < -0.39 is 11.8 Å². The SMILES string of the molecule is O=C1NC(=O)c2ccc(N3CCCC3)cc2/C1=C/NCc1ccc(O)c(O)c1. The van der Waals surface area contributed by atoms with Gasteiger partial charge in [0.25, 0.3) is 11.8 Å². The number of hydrogen-bond donors (Lipinski definition) is 4. The molecule has 7 heteroatoms. The number of rotatable bonds is 4. The third-order valence-electron chi connectivity index (χ3n) is 5.07. The minimum atomic E-state index is -0.447. The van der Waals surface area contributed by atoms with Crippen molar-refractivity contribution < 1.29 is 19.8 Å². The number of nitrogens with zero attached hydrogens (tertiary/aromatic N) is 1. The number of carbonyl (C=O) groups excluding carboxylic acids is 2. The third-order valence-corrected chi connectivity index (χ3v) is 5.07. The summed E-state index contributed by atoms with van der Waals surface area (Å²) in [5.41, 5.74) is 3.22. The molecule has 2 aromatic rings. The van der Waals surface area contributed by atoms with Crippen LogP contribution in [0, 0.1) is 0 Å². The Morgan fingerprint density at radius 1 is 0.964 bits per heavy atom. The number of nitrogens with one attached hydrogen (secondary N) is 2. The second-order valence-electron chi connectivity index (χ2n) is 6.97. The number of phenols is 2. The summed E-state index contributed by atoms with van der Waals surface area (Å²) >= 11 is 0. The van der Waals surface area contributed by atoms with Crippen molar-refractivity contribution in [3.05, 3.63) is 59.3 Å². The van der Waals surface area contributed by atoms with Gasteiger partial charge in [0.15, 0.2) is 11.5 Å². The van der Waals surface area contributed by atoms with Crippen LogP contribution in [-0.2, 0) is 11.3 Å². The molecule has 144 valence electrons. The number of carbonyl (C=O) groups is 2. The lowest BCUT2D eigenvalue weighted by Gasteiger charge is -2.23. The maximum atomic E-state index is 12.4. The minimum absolute atomic E-state index is 0.185. The van der Waals surface area contributed by atoms with E-state index in [0.717, 1.165) is 37.2 Å². The first-order valence-electron chi connectivity index (χ1n) is 9.22. The van der Waals surface area contributed by atoms with Crippen LogP contribution in [0.4, 0.5) is 5.69 Å². The van der Waals surface area contributed by atoms with Gasteiger partial charge in [-0.25, -0.2) is 0 Å². The molecule has 2 aromatic carbocycles. The van der Waals surface area contributed by atoms with Gasteiger partial charge < -0.3 is 20.4 Å². The molecule has 2 amide bonds. The van der Waals surface area contributed by atoms with Gasteiger partial charge in [-0.2, -0.15) is 0 Å². The number of amides is 2. The van der Waals surface area contributed by atoms with Crippen molar-refractivity contribution in [2.24, 2.45) is 0 Å². The highest BCUT2D eigenvalue weighted by Gasteiger charge is 2.28. The molecule has 1 saturated heterocycles. The fourth-order valence-corrected chi connectivity index (χ4v) is 3.58. The van der Waals surface area contributed by atoms with Crippen molar-refractivity contribution >= 4 is 23.1 Å². The van der Waals surface area contributed by atoms with Crippen molar-refractivity contribution in [2.75, 3.05) is 18.0 Å². The lowest BCUT2D eigenvalue weighted by Crippen LogP contribution is -2.37. The molecule has 4 rings (SSSR count). The number of fused-ring (bicyclic) bond motifs is 1. The molecule has 0 radical (unpaired) electrons. The van der Waals surface area contributed by atoms with Gasteiger partial charge in [0, 0.05) is 42.6 Å². The van der Waals surface area contributed by atoms with Crippen molar-refractivity contribution in [1.82, 2.24) is 10.6 Å². The van der Waals surface area contributed by atoms with Crippen LogP contribution in [0.1, 0.15) is 34.3 Å². The molecule has 0 saturated carbocycles. The zero-order valence-corrected chi connectivity index (χ0v) is 15.2. The average molecular weight is 379 g/mol. The summed E-state index contributed by atoms with van der Waals surface area (Å²) in [4.78, 5) is 26.9. The Bertz CT molecular complexity index is 978. The highest BCUT2D eigenvalue weighted by Crippen LogP contribution is 2.30. The van der Waals surface area contributed by atoms with Gasteiger partial charge in [-0.1, -0.05) is 6.07 Å². The maximum absolute atomic E-state index is 12.4. The largest absolute Gasteiger partial charge is 0.504 e. The van der Waals surface area contributed by atoms with Gasteiger partial charge in [-0.3, -0.25) is 14.9 Å². The Balaban J connectivity index is 1.61. The van der Waals surface area contributed by atoms with Crippen molar-refractivity contribution in [3.63, 3.8) is 0 Å². The van der Waals surface area contributed by atoms with E-state index in [1.54, 1.807) is 18.3 Å². The standard InChI is InChI=1S/C21H21N3O4/c25-18-6-3-13(9-19(18)26)11-22-12-17-16-10-14(24-7-1-2-8-24)4-5-15(16)20(27)23-21(17)28/h3-6,9-10,12,22,25-26H,1-2,7-8,11H2,(H,23,27,28)/b17-12-. The van der Waals surface area contributed by atoms with E-state index in [0.29, 0.717) is 23.2 Å². The molecular weight excluding hydrogens is 358 g/mol. The molecular formula is C21H21N3O4. The normalized spacial score (nSPS) is 17.6. The zero-order chi connectivity index (χ0) is 19.7. The van der Waals surface area contributed by atoms with Gasteiger partial charge in [-0.15, -0.1) is 0 Å². The van der Waals surface area contributed by atoms with Crippen molar-refractivity contribution in [3.8, 4) is 11.5 Å². The molecule has 2 heterocycles. The second-order valence-corrected chi connectivity index (χ2v) is 6.97. The quantitative estimate of drug-likeness (QED) is 0.369. The van der Waals surface area contributed by atoms with E-state index in [-0.39, 0.29) is 11.5 Å². The Morgan fingerprint density at radius 2 is 1.75 bits per heavy atom. The number of imide groups is 1. The van der Waals surface area contributed by atoms with Crippen LogP contribution in [-0.4, -0.2) is 35.1 Å². The topological polar surface area (TPSA) is 102 Å². The number of aromatic hydroxyl groups is 2. The molecule has 4 N–H and O–H groups in total. The average Bonchev–Trinajstić information content (AvgIpc) is 3.21. The first kappa shape index (κ1) is 17.9. The van der Waals surface area contributed by atoms with Crippen molar-refractivity contribution in [2.45, 2.75) is 19.4 Å². The Morgan fingerprint density at radius 3 is 2.50 bits per heavy atom. The van der Waals surface area contributed by atoms with Gasteiger partial charge >= 0.3 is 0 Å². The fourth-order valence-electron chi connectivity index (χ4n) is 3.58. The summed E-state index contributed by atoms with van der Waals surface area (Å²) in [5, 5.41) is 24.4. The van der Waals surface area contributed by atoms with Crippen LogP contribution in [0.2, 0.25) is 0 Å². The maximum Gasteiger partial charge on any atom is 0.260 e. The molecule has 0 bridgehead atoms. The van der Waals surface area contributed by atoms with E-state index in [1.807, 2.05) is 12.1 Å². The summed E-state index contributed by atoms with van der Waals surface area (Å²) in [5.74, 6) is -1.23. The number of phenolic OH excluding ortho intramolecular Hbond substituents is 2. The van der Waals surface area contributed by atoms with Gasteiger partial charge in [0.1, 0.15) is 0 Å². The molecule has 0 atom stereocenters. The minimum Gasteiger partial charge on any atom is -0.504 e. The summed E-state index contributed by atoms with van der Waals surface area (Å²) < 4.78 is 0. The zero-order valence-electron chi connectivity index (χ0n) is 15.2. The summed E-state index contributed by atoms with van der Waals surface area (Å²) in [6.07, 6.45) is 3.86. The monoisotopic (exact) mass is 379 g/mol. The van der Waals surface area contributed by atoms with E-state index in [9.17, 15) is 19.8 Å². The van der Waals surface area contributed by atoms with E-state index in [1.165, 1.54) is 12.1 Å². The molecule has 0 unspecified atom stereocenters. The molecule has 2 aliphatic rings. The van der Waals surface area contributed by atoms with Gasteiger partial charge in [0.2, 0.25) is 0 Å². The van der Waals surface area contributed by atoms with E-state index >= 15 is 0 Å². The third kappa shape index (κ3) is 3.38. The summed E-state index contributed by atoms with van der Waals surface area (Å²) in [6, 6.07) is 10.1. The van der Waals surface area contributed by atoms with Crippen LogP contribution in [0.3, 0.4) is 0 Å². The lowest BCUT2D eigenvalue weighted by atomic mass is 9.94. The van der Waals surface area contributed by atoms with Crippen LogP contribution in [0.25, 0.3) is 5.57 Å². The van der Waals surface area contributed by atoms with E-state index in [2.05, 4.69) is 15.5 Å². The Kier molecular flexibility index (Phi) is 4.65. The second kappa shape index (κ2) is 7.26. The Hall–Kier alpha value is -3.48. The smallest absolute Gasteiger partial charge is 0.260 e. The Labute approximate surface area is 162 Å². The lowest BCUT2D eigenvalue weighted by molar-refractivity contribution is -0.114. The summed E-state index contributed by atoms with van der Waals surface area (Å²) in [6.45, 7) is 2.29. The highest BCUT2D eigenvalue weighted by molar-refractivity contribution is 6.31. The number of hydrogen-bond acceptors (Lipinski definition) is 6.